The average Bonchev–Trinajstić information content (AvgIpc) is 3.77. The molecule has 4 aromatic carbocycles. The van der Waals surface area contributed by atoms with Gasteiger partial charge in [-0.1, -0.05) is 60.7 Å². The molecule has 2 heterocycles. The van der Waals surface area contributed by atoms with Crippen LogP contribution >= 0.6 is 89.1 Å². The van der Waals surface area contributed by atoms with Gasteiger partial charge >= 0.3 is 12.0 Å². The lowest BCUT2D eigenvalue weighted by molar-refractivity contribution is 0.914. The third kappa shape index (κ3) is 10.6. The van der Waals surface area contributed by atoms with E-state index in [0.717, 1.165) is 58.4 Å². The van der Waals surface area contributed by atoms with E-state index in [9.17, 15) is 0 Å². The molecule has 6 aromatic rings. The number of thiophene rings is 2. The molecule has 0 aliphatic heterocycles. The molecule has 0 atom stereocenters. The third-order valence-electron chi connectivity index (χ3n) is 8.14. The molecule has 50 heavy (non-hydrogen) atoms. The van der Waals surface area contributed by atoms with E-state index in [1.807, 2.05) is 12.1 Å². The van der Waals surface area contributed by atoms with Crippen molar-refractivity contribution in [1.29, 1.82) is 0 Å². The summed E-state index contributed by atoms with van der Waals surface area (Å²) in [7, 11) is 0. The molecule has 6 rings (SSSR count). The summed E-state index contributed by atoms with van der Waals surface area (Å²) in [5, 5.41) is 2.29. The first-order chi connectivity index (χ1) is 24.0. The van der Waals surface area contributed by atoms with Crippen LogP contribution in [-0.2, 0) is 12.8 Å². The van der Waals surface area contributed by atoms with Gasteiger partial charge in [0.2, 0.25) is 0 Å². The van der Waals surface area contributed by atoms with E-state index >= 15 is 0 Å². The molecule has 0 bridgehead atoms. The zero-order valence-electron chi connectivity index (χ0n) is 26.9. The normalized spacial score (nSPS) is 11.9. The Balaban J connectivity index is 1.25. The van der Waals surface area contributed by atoms with Crippen molar-refractivity contribution in [2.24, 2.45) is 0 Å². The largest absolute Gasteiger partial charge is 0.341 e. The van der Waals surface area contributed by atoms with Crippen LogP contribution in [0.2, 0.25) is 12.1 Å². The zero-order chi connectivity index (χ0) is 35.1. The van der Waals surface area contributed by atoms with Gasteiger partial charge in [0.25, 0.3) is 0 Å². The molecule has 0 fully saturated rings. The van der Waals surface area contributed by atoms with Crippen molar-refractivity contribution in [2.45, 2.75) is 37.8 Å². The van der Waals surface area contributed by atoms with Crippen LogP contribution in [0.4, 0.5) is 32.8 Å². The number of rotatable bonds is 15. The van der Waals surface area contributed by atoms with Crippen molar-refractivity contribution in [3.8, 4) is 9.75 Å². The molecule has 0 N–H and O–H groups in total. The van der Waals surface area contributed by atoms with E-state index in [1.165, 1.54) is 20.9 Å². The lowest BCUT2D eigenvalue weighted by atomic mass is 10.1. The lowest BCUT2D eigenvalue weighted by Crippen LogP contribution is -2.09. The van der Waals surface area contributed by atoms with Crippen molar-refractivity contribution >= 4 is 134 Å². The van der Waals surface area contributed by atoms with Crippen LogP contribution in [0.3, 0.4) is 0 Å². The van der Waals surface area contributed by atoms with Gasteiger partial charge in [-0.15, -0.1) is 89.1 Å². The molecule has 0 unspecified atom stereocenters. The summed E-state index contributed by atoms with van der Waals surface area (Å²) in [6, 6.07) is 43.4. The first-order valence-electron chi connectivity index (χ1n) is 16.2. The Morgan fingerprint density at radius 3 is 1.08 bits per heavy atom. The summed E-state index contributed by atoms with van der Waals surface area (Å²) in [5.41, 5.74) is 6.89. The van der Waals surface area contributed by atoms with Crippen molar-refractivity contribution in [3.63, 3.8) is 0 Å². The second-order valence-corrected chi connectivity index (χ2v) is 32.6. The molecule has 2 nitrogen and oxygen atoms in total. The third-order valence-corrected chi connectivity index (χ3v) is 15.7. The van der Waals surface area contributed by atoms with Crippen LogP contribution in [0.1, 0.15) is 24.0 Å². The number of benzene rings is 4. The van der Waals surface area contributed by atoms with E-state index in [-0.39, 0.29) is 0 Å². The standard InChI is InChI=1S/C38H34Cl6N2S2Si2/c39-49(40,41)27-7-9-29-15-19-33(20-16-29)45(31-11-3-1-4-12-31)37-25-23-35(47-37)36-24-26-38(48-36)46(32-13-5-2-6-14-32)34-21-17-30(18-22-34)10-8-28-50(42,43)44/h1-6,11-26H,7-10,27-28H2. The van der Waals surface area contributed by atoms with Gasteiger partial charge in [-0.2, -0.15) is 0 Å². The molecule has 0 saturated heterocycles. The molecule has 0 aliphatic rings. The minimum absolute atomic E-state index is 0.662. The Bertz CT molecular complexity index is 1800. The molecule has 258 valence electrons. The van der Waals surface area contributed by atoms with Crippen molar-refractivity contribution in [2.75, 3.05) is 9.80 Å². The summed E-state index contributed by atoms with van der Waals surface area (Å²) in [6.07, 6.45) is 3.52. The highest BCUT2D eigenvalue weighted by atomic mass is 35.8. The molecule has 2 aromatic heterocycles. The van der Waals surface area contributed by atoms with Crippen LogP contribution in [-0.4, -0.2) is 12.0 Å². The predicted octanol–water partition coefficient (Wildman–Crippen LogP) is 15.6. The Kier molecular flexibility index (Phi) is 13.0. The summed E-state index contributed by atoms with van der Waals surface area (Å²) in [4.78, 5) is 7.05. The fourth-order valence-electron chi connectivity index (χ4n) is 5.73. The van der Waals surface area contributed by atoms with Crippen molar-refractivity contribution < 1.29 is 0 Å². The molecule has 0 spiro atoms. The SMILES string of the molecule is Cl[Si](Cl)(Cl)CCCc1ccc(N(c2ccccc2)c2ccc(-c3ccc(N(c4ccccc4)c4ccc(CCC[Si](Cl)(Cl)Cl)cc4)s3)s2)cc1. The van der Waals surface area contributed by atoms with Crippen LogP contribution in [0.5, 0.6) is 0 Å². The van der Waals surface area contributed by atoms with Gasteiger partial charge in [-0.3, -0.25) is 0 Å². The molecule has 0 radical (unpaired) electrons. The topological polar surface area (TPSA) is 6.48 Å². The van der Waals surface area contributed by atoms with Gasteiger partial charge < -0.3 is 9.80 Å². The van der Waals surface area contributed by atoms with E-state index in [4.69, 9.17) is 66.5 Å². The van der Waals surface area contributed by atoms with Gasteiger partial charge in [-0.05, 0) is 122 Å². The highest BCUT2D eigenvalue weighted by Gasteiger charge is 2.25. The Morgan fingerprint density at radius 2 is 0.740 bits per heavy atom. The Morgan fingerprint density at radius 1 is 0.400 bits per heavy atom. The maximum absolute atomic E-state index is 6.10. The van der Waals surface area contributed by atoms with Gasteiger partial charge in [-0.25, -0.2) is 0 Å². The lowest BCUT2D eigenvalue weighted by Gasteiger charge is -2.24. The molecule has 0 saturated carbocycles. The Labute approximate surface area is 333 Å². The number of para-hydroxylation sites is 2. The monoisotopic (exact) mass is 848 g/mol. The van der Waals surface area contributed by atoms with E-state index in [0.29, 0.717) is 12.1 Å². The minimum atomic E-state index is -2.61. The fraction of sp³-hybridized carbons (Fsp3) is 0.158. The van der Waals surface area contributed by atoms with Gasteiger partial charge in [0.15, 0.2) is 0 Å². The quantitative estimate of drug-likeness (QED) is 0.0750. The van der Waals surface area contributed by atoms with E-state index < -0.39 is 12.0 Å². The fourth-order valence-corrected chi connectivity index (χ4v) is 11.5. The highest BCUT2D eigenvalue weighted by Crippen LogP contribution is 2.46. The molecule has 0 aliphatic carbocycles. The minimum Gasteiger partial charge on any atom is -0.302 e. The van der Waals surface area contributed by atoms with Gasteiger partial charge in [0.1, 0.15) is 10.0 Å². The number of aryl methyl sites for hydroxylation is 2. The summed E-state index contributed by atoms with van der Waals surface area (Å²) in [6.45, 7) is 0. The first kappa shape index (κ1) is 37.8. The first-order valence-corrected chi connectivity index (χ1v) is 28.4. The predicted molar refractivity (Wildman–Crippen MR) is 230 cm³/mol. The number of hydrogen-bond donors (Lipinski definition) is 0. The number of nitrogens with zero attached hydrogens (tertiary/aromatic N) is 2. The molecular formula is C38H34Cl6N2S2Si2. The molecular weight excluding hydrogens is 817 g/mol. The van der Waals surface area contributed by atoms with Crippen LogP contribution in [0.25, 0.3) is 9.75 Å². The number of anilines is 6. The second-order valence-electron chi connectivity index (χ2n) is 11.9. The molecule has 0 amide bonds. The number of halogens is 6. The van der Waals surface area contributed by atoms with Crippen LogP contribution in [0, 0.1) is 0 Å². The van der Waals surface area contributed by atoms with Gasteiger partial charge in [0, 0.05) is 32.5 Å². The summed E-state index contributed by atoms with van der Waals surface area (Å²) >= 11 is 40.2. The van der Waals surface area contributed by atoms with Gasteiger partial charge in [0.05, 0.1) is 0 Å². The van der Waals surface area contributed by atoms with Crippen LogP contribution < -0.4 is 9.80 Å². The average molecular weight is 852 g/mol. The summed E-state index contributed by atoms with van der Waals surface area (Å²) < 4.78 is 0. The smallest absolute Gasteiger partial charge is 0.302 e. The van der Waals surface area contributed by atoms with E-state index in [2.05, 4.69) is 131 Å². The Hall–Kier alpha value is -1.95. The van der Waals surface area contributed by atoms with E-state index in [1.54, 1.807) is 22.7 Å². The second kappa shape index (κ2) is 17.3. The van der Waals surface area contributed by atoms with Crippen molar-refractivity contribution in [3.05, 3.63) is 145 Å². The molecule has 12 heteroatoms. The maximum atomic E-state index is 6.10. The number of hydrogen-bond acceptors (Lipinski definition) is 4. The van der Waals surface area contributed by atoms with Crippen LogP contribution in [0.15, 0.2) is 133 Å². The van der Waals surface area contributed by atoms with Crippen molar-refractivity contribution in [1.82, 2.24) is 0 Å². The zero-order valence-corrected chi connectivity index (χ0v) is 35.1. The summed E-state index contributed by atoms with van der Waals surface area (Å²) in [5.74, 6) is 0. The highest BCUT2D eigenvalue weighted by molar-refractivity contribution is 7.65. The maximum Gasteiger partial charge on any atom is 0.341 e.